The van der Waals surface area contributed by atoms with Crippen molar-refractivity contribution in [1.29, 1.82) is 0 Å². The van der Waals surface area contributed by atoms with Crippen molar-refractivity contribution in [2.24, 2.45) is 0 Å². The number of likely N-dealkylation sites (N-methyl/N-ethyl adjacent to an activating group) is 1. The van der Waals surface area contributed by atoms with Crippen molar-refractivity contribution in [2.45, 2.75) is 23.8 Å². The Kier molecular flexibility index (Phi) is 6.10. The van der Waals surface area contributed by atoms with Gasteiger partial charge in [-0.2, -0.15) is 0 Å². The second-order valence-electron chi connectivity index (χ2n) is 4.14. The molecule has 0 aromatic heterocycles. The van der Waals surface area contributed by atoms with Crippen LogP contribution in [0.1, 0.15) is 13.3 Å². The molecule has 17 heavy (non-hydrogen) atoms. The average Bonchev–Trinajstić information content (AvgIpc) is 2.33. The first kappa shape index (κ1) is 15.1. The maximum absolute atomic E-state index is 9.25. The number of aliphatic hydroxyl groups is 1. The van der Waals surface area contributed by atoms with E-state index in [2.05, 4.69) is 5.32 Å². The second kappa shape index (κ2) is 6.86. The predicted octanol–water partition coefficient (Wildman–Crippen LogP) is 3.45. The van der Waals surface area contributed by atoms with Gasteiger partial charge in [0.15, 0.2) is 0 Å². The molecule has 1 aromatic carbocycles. The standard InChI is InChI=1S/C12H17Cl2NOS/c1-12(8-16,15-2)5-6-17-9-3-4-10(13)11(14)7-9/h3-4,7,15-16H,5-6,8H2,1-2H3. The second-order valence-corrected chi connectivity index (χ2v) is 6.13. The van der Waals surface area contributed by atoms with E-state index in [0.29, 0.717) is 10.0 Å². The summed E-state index contributed by atoms with van der Waals surface area (Å²) in [7, 11) is 1.86. The van der Waals surface area contributed by atoms with Crippen molar-refractivity contribution in [3.63, 3.8) is 0 Å². The molecule has 1 aromatic rings. The van der Waals surface area contributed by atoms with Crippen molar-refractivity contribution in [2.75, 3.05) is 19.4 Å². The first-order valence-electron chi connectivity index (χ1n) is 5.38. The molecule has 1 rings (SSSR count). The molecular formula is C12H17Cl2NOS. The fraction of sp³-hybridized carbons (Fsp3) is 0.500. The van der Waals surface area contributed by atoms with E-state index in [1.807, 2.05) is 26.1 Å². The van der Waals surface area contributed by atoms with Gasteiger partial charge in [-0.15, -0.1) is 11.8 Å². The van der Waals surface area contributed by atoms with Crippen LogP contribution in [-0.2, 0) is 0 Å². The van der Waals surface area contributed by atoms with Gasteiger partial charge in [-0.05, 0) is 44.3 Å². The summed E-state index contributed by atoms with van der Waals surface area (Å²) in [5.74, 6) is 0.913. The van der Waals surface area contributed by atoms with E-state index in [1.54, 1.807) is 17.8 Å². The van der Waals surface area contributed by atoms with Gasteiger partial charge in [0.1, 0.15) is 0 Å². The summed E-state index contributed by atoms with van der Waals surface area (Å²) >= 11 is 13.5. The van der Waals surface area contributed by atoms with E-state index in [4.69, 9.17) is 23.2 Å². The molecule has 0 saturated heterocycles. The molecular weight excluding hydrogens is 277 g/mol. The number of rotatable bonds is 6. The smallest absolute Gasteiger partial charge is 0.0610 e. The Balaban J connectivity index is 2.48. The average molecular weight is 294 g/mol. The molecule has 1 unspecified atom stereocenters. The molecule has 0 aliphatic rings. The molecule has 0 aliphatic heterocycles. The third kappa shape index (κ3) is 4.68. The number of hydrogen-bond donors (Lipinski definition) is 2. The molecule has 96 valence electrons. The Morgan fingerprint density at radius 3 is 2.59 bits per heavy atom. The van der Waals surface area contributed by atoms with Crippen molar-refractivity contribution < 1.29 is 5.11 Å². The van der Waals surface area contributed by atoms with Crippen LogP contribution in [0.3, 0.4) is 0 Å². The van der Waals surface area contributed by atoms with Gasteiger partial charge in [-0.25, -0.2) is 0 Å². The summed E-state index contributed by atoms with van der Waals surface area (Å²) in [6, 6.07) is 5.62. The van der Waals surface area contributed by atoms with Crippen LogP contribution >= 0.6 is 35.0 Å². The Morgan fingerprint density at radius 2 is 2.06 bits per heavy atom. The Hall–Kier alpha value is 0.0700. The molecule has 2 nitrogen and oxygen atoms in total. The van der Waals surface area contributed by atoms with Crippen LogP contribution in [0.25, 0.3) is 0 Å². The van der Waals surface area contributed by atoms with Crippen molar-refractivity contribution in [3.8, 4) is 0 Å². The van der Waals surface area contributed by atoms with Crippen LogP contribution in [0.5, 0.6) is 0 Å². The zero-order valence-electron chi connectivity index (χ0n) is 9.96. The summed E-state index contributed by atoms with van der Waals surface area (Å²) < 4.78 is 0. The zero-order chi connectivity index (χ0) is 12.9. The monoisotopic (exact) mass is 293 g/mol. The molecule has 0 bridgehead atoms. The Morgan fingerprint density at radius 1 is 1.35 bits per heavy atom. The zero-order valence-corrected chi connectivity index (χ0v) is 12.3. The third-order valence-electron chi connectivity index (χ3n) is 2.77. The van der Waals surface area contributed by atoms with E-state index in [1.165, 1.54) is 0 Å². The van der Waals surface area contributed by atoms with Crippen LogP contribution < -0.4 is 5.32 Å². The quantitative estimate of drug-likeness (QED) is 0.788. The summed E-state index contributed by atoms with van der Waals surface area (Å²) in [5.41, 5.74) is -0.219. The first-order chi connectivity index (χ1) is 8.00. The number of benzene rings is 1. The van der Waals surface area contributed by atoms with E-state index < -0.39 is 0 Å². The van der Waals surface area contributed by atoms with Crippen LogP contribution in [0.4, 0.5) is 0 Å². The van der Waals surface area contributed by atoms with E-state index >= 15 is 0 Å². The molecule has 0 fully saturated rings. The van der Waals surface area contributed by atoms with Gasteiger partial charge in [-0.1, -0.05) is 23.2 Å². The highest BCUT2D eigenvalue weighted by Crippen LogP contribution is 2.29. The molecule has 0 aliphatic carbocycles. The fourth-order valence-electron chi connectivity index (χ4n) is 1.24. The summed E-state index contributed by atoms with van der Waals surface area (Å²) in [5, 5.41) is 13.5. The van der Waals surface area contributed by atoms with Crippen LogP contribution in [-0.4, -0.2) is 30.1 Å². The van der Waals surface area contributed by atoms with Gasteiger partial charge < -0.3 is 10.4 Å². The highest BCUT2D eigenvalue weighted by molar-refractivity contribution is 7.99. The van der Waals surface area contributed by atoms with Crippen LogP contribution in [0.15, 0.2) is 23.1 Å². The normalized spacial score (nSPS) is 14.6. The molecule has 1 atom stereocenters. The third-order valence-corrected chi connectivity index (χ3v) is 4.50. The molecule has 0 heterocycles. The number of thioether (sulfide) groups is 1. The molecule has 0 amide bonds. The van der Waals surface area contributed by atoms with E-state index in [0.717, 1.165) is 17.1 Å². The number of nitrogens with one attached hydrogen (secondary N) is 1. The Labute approximate surface area is 117 Å². The molecule has 0 spiro atoms. The number of halogens is 2. The summed E-state index contributed by atoms with van der Waals surface area (Å²) in [6.45, 7) is 2.13. The lowest BCUT2D eigenvalue weighted by Crippen LogP contribution is -2.43. The van der Waals surface area contributed by atoms with Gasteiger partial charge in [0, 0.05) is 10.4 Å². The minimum atomic E-state index is -0.219. The largest absolute Gasteiger partial charge is 0.394 e. The van der Waals surface area contributed by atoms with Crippen LogP contribution in [0, 0.1) is 0 Å². The van der Waals surface area contributed by atoms with Gasteiger partial charge in [-0.3, -0.25) is 0 Å². The lowest BCUT2D eigenvalue weighted by Gasteiger charge is -2.26. The predicted molar refractivity (Wildman–Crippen MR) is 76.4 cm³/mol. The lowest BCUT2D eigenvalue weighted by molar-refractivity contribution is 0.179. The minimum Gasteiger partial charge on any atom is -0.394 e. The van der Waals surface area contributed by atoms with Crippen LogP contribution in [0.2, 0.25) is 10.0 Å². The first-order valence-corrected chi connectivity index (χ1v) is 7.12. The van der Waals surface area contributed by atoms with Crippen molar-refractivity contribution >= 4 is 35.0 Å². The van der Waals surface area contributed by atoms with E-state index in [9.17, 15) is 5.11 Å². The Bertz CT molecular complexity index is 370. The fourth-order valence-corrected chi connectivity index (χ4v) is 2.76. The maximum Gasteiger partial charge on any atom is 0.0610 e. The maximum atomic E-state index is 9.25. The highest BCUT2D eigenvalue weighted by Gasteiger charge is 2.19. The SMILES string of the molecule is CNC(C)(CO)CCSc1ccc(Cl)c(Cl)c1. The number of hydrogen-bond acceptors (Lipinski definition) is 3. The molecule has 2 N–H and O–H groups in total. The van der Waals surface area contributed by atoms with Gasteiger partial charge in [0.25, 0.3) is 0 Å². The lowest BCUT2D eigenvalue weighted by atomic mass is 10.0. The highest BCUT2D eigenvalue weighted by atomic mass is 35.5. The van der Waals surface area contributed by atoms with Gasteiger partial charge in [0.05, 0.1) is 16.7 Å². The van der Waals surface area contributed by atoms with E-state index in [-0.39, 0.29) is 12.1 Å². The van der Waals surface area contributed by atoms with Crippen molar-refractivity contribution in [3.05, 3.63) is 28.2 Å². The van der Waals surface area contributed by atoms with Gasteiger partial charge >= 0.3 is 0 Å². The number of aliphatic hydroxyl groups excluding tert-OH is 1. The van der Waals surface area contributed by atoms with Crippen molar-refractivity contribution in [1.82, 2.24) is 5.32 Å². The van der Waals surface area contributed by atoms with Gasteiger partial charge in [0.2, 0.25) is 0 Å². The summed E-state index contributed by atoms with van der Waals surface area (Å²) in [6.07, 6.45) is 0.880. The molecule has 5 heteroatoms. The topological polar surface area (TPSA) is 32.3 Å². The summed E-state index contributed by atoms with van der Waals surface area (Å²) in [4.78, 5) is 1.09. The molecule has 0 radical (unpaired) electrons. The molecule has 0 saturated carbocycles. The minimum absolute atomic E-state index is 0.130.